The Bertz CT molecular complexity index is 890. The number of hydrogen-bond donors (Lipinski definition) is 1. The van der Waals surface area contributed by atoms with Gasteiger partial charge in [0.15, 0.2) is 0 Å². The van der Waals surface area contributed by atoms with E-state index in [0.29, 0.717) is 23.1 Å². The lowest BCUT2D eigenvalue weighted by molar-refractivity contribution is -0.141. The molecule has 0 aromatic carbocycles. The molecule has 7 nitrogen and oxygen atoms in total. The molecule has 1 aromatic rings. The van der Waals surface area contributed by atoms with Gasteiger partial charge in [0.1, 0.15) is 23.9 Å². The Morgan fingerprint density at radius 3 is 2.76 bits per heavy atom. The zero-order valence-electron chi connectivity index (χ0n) is 15.1. The molecule has 2 unspecified atom stereocenters. The summed E-state index contributed by atoms with van der Waals surface area (Å²) in [6.07, 6.45) is -0.0113. The van der Waals surface area contributed by atoms with Crippen molar-refractivity contribution in [1.82, 2.24) is 20.2 Å². The standard InChI is InChI=1S/C17H16Cl2F3N5O2/c1-26-12(15(28)23-6-9-2-3-10(18)4-11(9)19)7-27(16(26)29)14-5-13(17(20,21)22)24-8-25-14/h2-3,5,8,10,12H,4,6-7H2,1H3,(H,23,28). The molecule has 2 aliphatic rings. The fraction of sp³-hybridized carbons (Fsp3) is 0.412. The topological polar surface area (TPSA) is 78.4 Å². The van der Waals surface area contributed by atoms with Crippen LogP contribution in [0.15, 0.2) is 35.2 Å². The maximum atomic E-state index is 12.9. The average molecular weight is 450 g/mol. The highest BCUT2D eigenvalue weighted by molar-refractivity contribution is 6.31. The Labute approximate surface area is 174 Å². The first-order valence-electron chi connectivity index (χ1n) is 8.49. The summed E-state index contributed by atoms with van der Waals surface area (Å²) >= 11 is 12.1. The van der Waals surface area contributed by atoms with E-state index >= 15 is 0 Å². The number of nitrogens with zero attached hydrogens (tertiary/aromatic N) is 4. The van der Waals surface area contributed by atoms with Crippen molar-refractivity contribution in [2.24, 2.45) is 0 Å². The molecule has 0 radical (unpaired) electrons. The number of hydrogen-bond acceptors (Lipinski definition) is 4. The van der Waals surface area contributed by atoms with Gasteiger partial charge < -0.3 is 10.2 Å². The molecule has 1 aromatic heterocycles. The number of aromatic nitrogens is 2. The van der Waals surface area contributed by atoms with Gasteiger partial charge >= 0.3 is 12.2 Å². The molecule has 1 N–H and O–H groups in total. The van der Waals surface area contributed by atoms with Crippen molar-refractivity contribution in [1.29, 1.82) is 0 Å². The first kappa shape index (κ1) is 21.4. The number of carbonyl (C=O) groups excluding carboxylic acids is 2. The molecule has 2 heterocycles. The van der Waals surface area contributed by atoms with Crippen LogP contribution in [0.5, 0.6) is 0 Å². The van der Waals surface area contributed by atoms with Gasteiger partial charge in [-0.3, -0.25) is 9.69 Å². The summed E-state index contributed by atoms with van der Waals surface area (Å²) in [5, 5.41) is 3.02. The number of urea groups is 1. The van der Waals surface area contributed by atoms with Crippen molar-refractivity contribution in [3.05, 3.63) is 40.8 Å². The summed E-state index contributed by atoms with van der Waals surface area (Å²) in [6.45, 7) is -0.0100. The monoisotopic (exact) mass is 449 g/mol. The number of likely N-dealkylation sites (N-methyl/N-ethyl adjacent to an activating group) is 1. The van der Waals surface area contributed by atoms with Crippen molar-refractivity contribution in [3.8, 4) is 0 Å². The Morgan fingerprint density at radius 1 is 1.38 bits per heavy atom. The lowest BCUT2D eigenvalue weighted by atomic mass is 10.1. The van der Waals surface area contributed by atoms with Crippen molar-refractivity contribution < 1.29 is 22.8 Å². The van der Waals surface area contributed by atoms with Crippen LogP contribution >= 0.6 is 23.2 Å². The zero-order valence-corrected chi connectivity index (χ0v) is 16.6. The summed E-state index contributed by atoms with van der Waals surface area (Å²) in [6, 6.07) is -0.872. The molecular weight excluding hydrogens is 434 g/mol. The molecule has 3 rings (SSSR count). The predicted octanol–water partition coefficient (Wildman–Crippen LogP) is 2.91. The van der Waals surface area contributed by atoms with Crippen LogP contribution < -0.4 is 10.2 Å². The number of halogens is 5. The van der Waals surface area contributed by atoms with Gasteiger partial charge in [0.2, 0.25) is 5.91 Å². The second-order valence-electron chi connectivity index (χ2n) is 6.51. The number of alkyl halides is 4. The van der Waals surface area contributed by atoms with Crippen LogP contribution in [0.25, 0.3) is 0 Å². The number of allylic oxidation sites excluding steroid dienone is 2. The average Bonchev–Trinajstić information content (AvgIpc) is 2.95. The van der Waals surface area contributed by atoms with Gasteiger partial charge in [-0.15, -0.1) is 11.6 Å². The third kappa shape index (κ3) is 4.64. The first-order chi connectivity index (χ1) is 13.6. The van der Waals surface area contributed by atoms with E-state index in [2.05, 4.69) is 15.3 Å². The zero-order chi connectivity index (χ0) is 21.3. The molecule has 12 heteroatoms. The number of rotatable bonds is 4. The highest BCUT2D eigenvalue weighted by Crippen LogP contribution is 2.30. The lowest BCUT2D eigenvalue weighted by Gasteiger charge is -2.19. The molecule has 29 heavy (non-hydrogen) atoms. The normalized spacial score (nSPS) is 22.5. The van der Waals surface area contributed by atoms with Crippen molar-refractivity contribution in [3.63, 3.8) is 0 Å². The van der Waals surface area contributed by atoms with Crippen LogP contribution in [0.2, 0.25) is 0 Å². The molecule has 0 spiro atoms. The first-order valence-corrected chi connectivity index (χ1v) is 9.30. The van der Waals surface area contributed by atoms with Gasteiger partial charge in [-0.2, -0.15) is 13.2 Å². The van der Waals surface area contributed by atoms with E-state index in [9.17, 15) is 22.8 Å². The Balaban J connectivity index is 1.70. The summed E-state index contributed by atoms with van der Waals surface area (Å²) in [4.78, 5) is 34.1. The molecule has 156 valence electrons. The number of carbonyl (C=O) groups is 2. The summed E-state index contributed by atoms with van der Waals surface area (Å²) in [5.41, 5.74) is -0.472. The highest BCUT2D eigenvalue weighted by atomic mass is 35.5. The van der Waals surface area contributed by atoms with Crippen LogP contribution in [0, 0.1) is 0 Å². The summed E-state index contributed by atoms with van der Waals surface area (Å²) in [7, 11) is 1.39. The van der Waals surface area contributed by atoms with Gasteiger partial charge in [-0.1, -0.05) is 23.8 Å². The van der Waals surface area contributed by atoms with Gasteiger partial charge in [0.25, 0.3) is 0 Å². The van der Waals surface area contributed by atoms with Gasteiger partial charge in [0.05, 0.1) is 11.9 Å². The van der Waals surface area contributed by atoms with E-state index < -0.39 is 29.9 Å². The fourth-order valence-corrected chi connectivity index (χ4v) is 3.54. The maximum Gasteiger partial charge on any atom is 0.433 e. The smallest absolute Gasteiger partial charge is 0.350 e. The number of nitrogens with one attached hydrogen (secondary N) is 1. The number of amides is 3. The molecule has 1 fully saturated rings. The molecule has 1 aliphatic heterocycles. The Morgan fingerprint density at radius 2 is 2.10 bits per heavy atom. The van der Waals surface area contributed by atoms with E-state index in [1.54, 1.807) is 12.2 Å². The van der Waals surface area contributed by atoms with Gasteiger partial charge in [0, 0.05) is 31.1 Å². The lowest BCUT2D eigenvalue weighted by Crippen LogP contribution is -2.44. The number of anilines is 1. The second kappa shape index (κ2) is 8.19. The molecule has 0 saturated carbocycles. The quantitative estimate of drug-likeness (QED) is 0.716. The Hall–Kier alpha value is -2.33. The van der Waals surface area contributed by atoms with E-state index in [0.717, 1.165) is 16.1 Å². The van der Waals surface area contributed by atoms with Crippen LogP contribution in [-0.4, -0.2) is 58.4 Å². The van der Waals surface area contributed by atoms with Crippen LogP contribution in [0.4, 0.5) is 23.8 Å². The van der Waals surface area contributed by atoms with Crippen molar-refractivity contribution >= 4 is 41.0 Å². The van der Waals surface area contributed by atoms with Crippen molar-refractivity contribution in [2.75, 3.05) is 25.0 Å². The van der Waals surface area contributed by atoms with Gasteiger partial charge in [-0.05, 0) is 5.57 Å². The minimum atomic E-state index is -4.67. The third-order valence-electron chi connectivity index (χ3n) is 4.56. The fourth-order valence-electron chi connectivity index (χ4n) is 2.93. The highest BCUT2D eigenvalue weighted by Gasteiger charge is 2.41. The van der Waals surface area contributed by atoms with E-state index in [-0.39, 0.29) is 24.3 Å². The van der Waals surface area contributed by atoms with E-state index in [4.69, 9.17) is 23.2 Å². The third-order valence-corrected chi connectivity index (χ3v) is 5.26. The molecule has 2 atom stereocenters. The molecule has 0 bridgehead atoms. The Kier molecular flexibility index (Phi) is 6.04. The predicted molar refractivity (Wildman–Crippen MR) is 101 cm³/mol. The van der Waals surface area contributed by atoms with E-state index in [1.807, 2.05) is 0 Å². The minimum absolute atomic E-state index is 0.141. The molecule has 1 aliphatic carbocycles. The van der Waals surface area contributed by atoms with E-state index in [1.165, 1.54) is 7.05 Å². The van der Waals surface area contributed by atoms with Crippen molar-refractivity contribution in [2.45, 2.75) is 24.0 Å². The van der Waals surface area contributed by atoms with Crippen LogP contribution in [-0.2, 0) is 11.0 Å². The second-order valence-corrected chi connectivity index (χ2v) is 7.52. The SMILES string of the molecule is CN1C(=O)N(c2cc(C(F)(F)F)ncn2)CC1C(=O)NCC1=C(Cl)CC(Cl)C=C1. The summed E-state index contributed by atoms with van der Waals surface area (Å²) < 4.78 is 38.6. The molecular formula is C17H16Cl2F3N5O2. The minimum Gasteiger partial charge on any atom is -0.350 e. The largest absolute Gasteiger partial charge is 0.433 e. The van der Waals surface area contributed by atoms with Crippen LogP contribution in [0.1, 0.15) is 12.1 Å². The molecule has 3 amide bonds. The van der Waals surface area contributed by atoms with Gasteiger partial charge in [-0.25, -0.2) is 14.8 Å². The van der Waals surface area contributed by atoms with Crippen LogP contribution in [0.3, 0.4) is 0 Å². The maximum absolute atomic E-state index is 12.9. The summed E-state index contributed by atoms with van der Waals surface area (Å²) in [5.74, 6) is -0.694. The molecule has 1 saturated heterocycles.